The van der Waals surface area contributed by atoms with Crippen LogP contribution in [0.15, 0.2) is 65.8 Å². The lowest BCUT2D eigenvalue weighted by Crippen LogP contribution is -2.15. The highest BCUT2D eigenvalue weighted by Gasteiger charge is 2.30. The number of alkyl halides is 3. The molecule has 31 heavy (non-hydrogen) atoms. The fourth-order valence-corrected chi connectivity index (χ4v) is 3.42. The standard InChI is InChI=1S/C20H13F4N5OS/c21-14-6-4-12(5-7-14)16-8-9-17-26-27-19(29(17)28-16)31-11-18(30)25-15-3-1-2-13(10-15)20(22,23)24/h1-10H,11H2,(H,25,30). The molecule has 2 aromatic heterocycles. The normalized spacial score (nSPS) is 11.6. The number of carbonyl (C=O) groups is 1. The maximum absolute atomic E-state index is 13.1. The maximum atomic E-state index is 13.1. The number of amides is 1. The third kappa shape index (κ3) is 4.82. The fraction of sp³-hybridized carbons (Fsp3) is 0.100. The van der Waals surface area contributed by atoms with Crippen molar-refractivity contribution >= 4 is 29.0 Å². The molecule has 2 heterocycles. The van der Waals surface area contributed by atoms with Crippen molar-refractivity contribution in [3.8, 4) is 11.3 Å². The molecule has 158 valence electrons. The van der Waals surface area contributed by atoms with Crippen LogP contribution in [-0.2, 0) is 11.0 Å². The van der Waals surface area contributed by atoms with Gasteiger partial charge >= 0.3 is 6.18 Å². The van der Waals surface area contributed by atoms with E-state index in [4.69, 9.17) is 0 Å². The third-order valence-corrected chi connectivity index (χ3v) is 5.10. The number of benzene rings is 2. The van der Waals surface area contributed by atoms with Crippen molar-refractivity contribution in [1.29, 1.82) is 0 Å². The van der Waals surface area contributed by atoms with Crippen molar-refractivity contribution in [1.82, 2.24) is 19.8 Å². The van der Waals surface area contributed by atoms with Crippen molar-refractivity contribution in [3.05, 3.63) is 72.0 Å². The number of nitrogens with zero attached hydrogens (tertiary/aromatic N) is 4. The number of fused-ring (bicyclic) bond motifs is 1. The van der Waals surface area contributed by atoms with E-state index in [0.717, 1.165) is 23.9 Å². The van der Waals surface area contributed by atoms with Gasteiger partial charge in [-0.25, -0.2) is 4.39 Å². The van der Waals surface area contributed by atoms with Gasteiger partial charge in [-0.3, -0.25) is 4.79 Å². The Kier molecular flexibility index (Phi) is 5.59. The molecule has 2 aromatic carbocycles. The summed E-state index contributed by atoms with van der Waals surface area (Å²) in [5.74, 6) is -0.979. The topological polar surface area (TPSA) is 72.2 Å². The van der Waals surface area contributed by atoms with Crippen LogP contribution in [0.2, 0.25) is 0 Å². The van der Waals surface area contributed by atoms with Gasteiger partial charge in [0.25, 0.3) is 0 Å². The molecule has 0 bridgehead atoms. The highest BCUT2D eigenvalue weighted by Crippen LogP contribution is 2.30. The number of thioether (sulfide) groups is 1. The lowest BCUT2D eigenvalue weighted by Gasteiger charge is -2.09. The van der Waals surface area contributed by atoms with Gasteiger partial charge in [-0.05, 0) is 54.6 Å². The maximum Gasteiger partial charge on any atom is 0.416 e. The second-order valence-corrected chi connectivity index (χ2v) is 7.34. The number of nitrogens with one attached hydrogen (secondary N) is 1. The Bertz CT molecular complexity index is 1240. The van der Waals surface area contributed by atoms with Gasteiger partial charge in [0.2, 0.25) is 11.1 Å². The summed E-state index contributed by atoms with van der Waals surface area (Å²) < 4.78 is 53.0. The van der Waals surface area contributed by atoms with Gasteiger partial charge in [0, 0.05) is 11.3 Å². The van der Waals surface area contributed by atoms with Crippen LogP contribution in [0.3, 0.4) is 0 Å². The van der Waals surface area contributed by atoms with Gasteiger partial charge in [0.1, 0.15) is 5.82 Å². The van der Waals surface area contributed by atoms with Crippen LogP contribution in [0.5, 0.6) is 0 Å². The Morgan fingerprint density at radius 2 is 1.81 bits per heavy atom. The van der Waals surface area contributed by atoms with Gasteiger partial charge in [-0.1, -0.05) is 17.8 Å². The van der Waals surface area contributed by atoms with Crippen molar-refractivity contribution in [3.63, 3.8) is 0 Å². The largest absolute Gasteiger partial charge is 0.416 e. The van der Waals surface area contributed by atoms with Gasteiger partial charge < -0.3 is 5.32 Å². The molecule has 0 fully saturated rings. The molecule has 11 heteroatoms. The van der Waals surface area contributed by atoms with Gasteiger partial charge in [-0.2, -0.15) is 22.8 Å². The highest BCUT2D eigenvalue weighted by atomic mass is 32.2. The molecule has 1 N–H and O–H groups in total. The number of halogens is 4. The monoisotopic (exact) mass is 447 g/mol. The Labute approximate surface area is 177 Å². The zero-order chi connectivity index (χ0) is 22.0. The van der Waals surface area contributed by atoms with E-state index in [1.54, 1.807) is 24.3 Å². The van der Waals surface area contributed by atoms with Crippen LogP contribution in [0.25, 0.3) is 16.9 Å². The molecule has 0 aliphatic carbocycles. The third-order valence-electron chi connectivity index (χ3n) is 4.18. The van der Waals surface area contributed by atoms with E-state index < -0.39 is 17.6 Å². The summed E-state index contributed by atoms with van der Waals surface area (Å²) in [4.78, 5) is 12.2. The fourth-order valence-electron chi connectivity index (χ4n) is 2.73. The second-order valence-electron chi connectivity index (χ2n) is 6.39. The van der Waals surface area contributed by atoms with Crippen molar-refractivity contribution < 1.29 is 22.4 Å². The predicted molar refractivity (Wildman–Crippen MR) is 107 cm³/mol. The lowest BCUT2D eigenvalue weighted by atomic mass is 10.1. The van der Waals surface area contributed by atoms with Crippen molar-refractivity contribution in [2.75, 3.05) is 11.1 Å². The van der Waals surface area contributed by atoms with Crippen LogP contribution in [-0.4, -0.2) is 31.5 Å². The lowest BCUT2D eigenvalue weighted by molar-refractivity contribution is -0.137. The van der Waals surface area contributed by atoms with E-state index in [0.29, 0.717) is 22.1 Å². The number of rotatable bonds is 5. The number of aromatic nitrogens is 4. The Balaban J connectivity index is 1.47. The van der Waals surface area contributed by atoms with E-state index in [-0.39, 0.29) is 17.3 Å². The molecule has 0 spiro atoms. The minimum absolute atomic E-state index is 0.0447. The molecule has 4 rings (SSSR count). The summed E-state index contributed by atoms with van der Waals surface area (Å²) in [5, 5.41) is 15.2. The second kappa shape index (κ2) is 8.34. The highest BCUT2D eigenvalue weighted by molar-refractivity contribution is 7.99. The van der Waals surface area contributed by atoms with Crippen LogP contribution < -0.4 is 5.32 Å². The molecule has 1 amide bonds. The molecule has 0 aliphatic heterocycles. The quantitative estimate of drug-likeness (QED) is 0.355. The average Bonchev–Trinajstić information content (AvgIpc) is 3.15. The smallest absolute Gasteiger partial charge is 0.325 e. The SMILES string of the molecule is O=C(CSc1nnc2ccc(-c3ccc(F)cc3)nn12)Nc1cccc(C(F)(F)F)c1. The summed E-state index contributed by atoms with van der Waals surface area (Å²) in [6, 6.07) is 13.6. The summed E-state index contributed by atoms with van der Waals surface area (Å²) in [5.41, 5.74) is 0.895. The van der Waals surface area contributed by atoms with Crippen molar-refractivity contribution in [2.45, 2.75) is 11.3 Å². The molecule has 4 aromatic rings. The first-order valence-corrected chi connectivity index (χ1v) is 9.86. The van der Waals surface area contributed by atoms with Gasteiger partial charge in [0.05, 0.1) is 17.0 Å². The molecule has 0 radical (unpaired) electrons. The van der Waals surface area contributed by atoms with Crippen LogP contribution in [0.4, 0.5) is 23.2 Å². The molecule has 0 aliphatic rings. The predicted octanol–water partition coefficient (Wildman–Crippen LogP) is 4.68. The van der Waals surface area contributed by atoms with Crippen LogP contribution >= 0.6 is 11.8 Å². The van der Waals surface area contributed by atoms with Crippen LogP contribution in [0.1, 0.15) is 5.56 Å². The molecular weight excluding hydrogens is 434 g/mol. The van der Waals surface area contributed by atoms with E-state index in [9.17, 15) is 22.4 Å². The Morgan fingerprint density at radius 3 is 2.55 bits per heavy atom. The first kappa shape index (κ1) is 20.8. The molecule has 6 nitrogen and oxygen atoms in total. The number of carbonyl (C=O) groups excluding carboxylic acids is 1. The Hall–Kier alpha value is -3.47. The first-order valence-electron chi connectivity index (χ1n) is 8.88. The minimum atomic E-state index is -4.50. The zero-order valence-electron chi connectivity index (χ0n) is 15.6. The first-order chi connectivity index (χ1) is 14.8. The van der Waals surface area contributed by atoms with E-state index >= 15 is 0 Å². The Morgan fingerprint density at radius 1 is 1.03 bits per heavy atom. The average molecular weight is 447 g/mol. The van der Waals surface area contributed by atoms with Crippen LogP contribution in [0, 0.1) is 5.82 Å². The number of hydrogen-bond acceptors (Lipinski definition) is 5. The summed E-state index contributed by atoms with van der Waals surface area (Å²) in [7, 11) is 0. The van der Waals surface area contributed by atoms with Crippen molar-refractivity contribution in [2.24, 2.45) is 0 Å². The summed E-state index contributed by atoms with van der Waals surface area (Å²) in [6.07, 6.45) is -4.50. The minimum Gasteiger partial charge on any atom is -0.325 e. The van der Waals surface area contributed by atoms with Gasteiger partial charge in [0.15, 0.2) is 5.65 Å². The number of hydrogen-bond donors (Lipinski definition) is 1. The zero-order valence-corrected chi connectivity index (χ0v) is 16.4. The molecular formula is C20H13F4N5OS. The molecule has 0 unspecified atom stereocenters. The van der Waals surface area contributed by atoms with Gasteiger partial charge in [-0.15, -0.1) is 10.2 Å². The summed E-state index contributed by atoms with van der Waals surface area (Å²) >= 11 is 1.03. The van der Waals surface area contributed by atoms with E-state index in [1.165, 1.54) is 28.8 Å². The van der Waals surface area contributed by atoms with E-state index in [2.05, 4.69) is 20.6 Å². The molecule has 0 saturated heterocycles. The number of anilines is 1. The summed E-state index contributed by atoms with van der Waals surface area (Å²) in [6.45, 7) is 0. The molecule has 0 atom stereocenters. The van der Waals surface area contributed by atoms with E-state index in [1.807, 2.05) is 0 Å². The molecule has 0 saturated carbocycles.